The van der Waals surface area contributed by atoms with Gasteiger partial charge in [0.25, 0.3) is 0 Å². The fourth-order valence-electron chi connectivity index (χ4n) is 1.49. The molecule has 0 amide bonds. The Hall–Kier alpha value is -1.70. The van der Waals surface area contributed by atoms with Gasteiger partial charge in [-0.25, -0.2) is 4.68 Å². The molecule has 0 spiro atoms. The van der Waals surface area contributed by atoms with Gasteiger partial charge in [-0.15, -0.1) is 0 Å². The van der Waals surface area contributed by atoms with E-state index >= 15 is 0 Å². The van der Waals surface area contributed by atoms with Gasteiger partial charge in [-0.1, -0.05) is 0 Å². The summed E-state index contributed by atoms with van der Waals surface area (Å²) in [5.41, 5.74) is 6.14. The molecule has 0 aromatic carbocycles. The van der Waals surface area contributed by atoms with Crippen molar-refractivity contribution in [3.63, 3.8) is 0 Å². The Kier molecular flexibility index (Phi) is 2.04. The predicted molar refractivity (Wildman–Crippen MR) is 53.6 cm³/mol. The van der Waals surface area contributed by atoms with E-state index in [1.807, 2.05) is 0 Å². The smallest absolute Gasteiger partial charge is 0.168 e. The Morgan fingerprint density at radius 1 is 1.64 bits per heavy atom. The molecule has 1 aromatic rings. The molecule has 0 aliphatic heterocycles. The number of aromatic nitrogens is 2. The van der Waals surface area contributed by atoms with Crippen molar-refractivity contribution in [1.29, 1.82) is 5.26 Å². The standard InChI is InChI=1S/C9H13N5/c1-14-8(11)7(5-10)9(13-14)12-6-3-2-4-6/h6H,2-4,11H2,1H3,(H,12,13). The van der Waals surface area contributed by atoms with Crippen LogP contribution >= 0.6 is 0 Å². The quantitative estimate of drug-likeness (QED) is 0.725. The molecule has 74 valence electrons. The van der Waals surface area contributed by atoms with Crippen molar-refractivity contribution < 1.29 is 0 Å². The molecule has 3 N–H and O–H groups in total. The van der Waals surface area contributed by atoms with E-state index in [4.69, 9.17) is 11.0 Å². The highest BCUT2D eigenvalue weighted by Crippen LogP contribution is 2.26. The molecule has 5 nitrogen and oxygen atoms in total. The molecule has 1 aliphatic carbocycles. The van der Waals surface area contributed by atoms with Crippen LogP contribution in [0.4, 0.5) is 11.6 Å². The normalized spacial score (nSPS) is 16.0. The van der Waals surface area contributed by atoms with Crippen molar-refractivity contribution >= 4 is 11.6 Å². The van der Waals surface area contributed by atoms with Crippen LogP contribution in [0.2, 0.25) is 0 Å². The van der Waals surface area contributed by atoms with Gasteiger partial charge >= 0.3 is 0 Å². The van der Waals surface area contributed by atoms with Gasteiger partial charge in [0.2, 0.25) is 0 Å². The number of anilines is 2. The summed E-state index contributed by atoms with van der Waals surface area (Å²) in [6, 6.07) is 2.54. The molecule has 5 heteroatoms. The number of nitrogens with two attached hydrogens (primary N) is 1. The second-order valence-corrected chi connectivity index (χ2v) is 3.62. The number of nitrogens with zero attached hydrogens (tertiary/aromatic N) is 3. The number of hydrogen-bond acceptors (Lipinski definition) is 4. The molecule has 0 bridgehead atoms. The van der Waals surface area contributed by atoms with E-state index in [0.717, 1.165) is 12.8 Å². The summed E-state index contributed by atoms with van der Waals surface area (Å²) in [7, 11) is 1.74. The maximum atomic E-state index is 8.89. The number of nitrogens with one attached hydrogen (secondary N) is 1. The molecule has 1 aromatic heterocycles. The molecule has 1 heterocycles. The second kappa shape index (κ2) is 3.22. The largest absolute Gasteiger partial charge is 0.383 e. The second-order valence-electron chi connectivity index (χ2n) is 3.62. The lowest BCUT2D eigenvalue weighted by atomic mass is 9.93. The zero-order chi connectivity index (χ0) is 10.1. The minimum absolute atomic E-state index is 0.425. The molecule has 1 fully saturated rings. The molecule has 0 radical (unpaired) electrons. The fourth-order valence-corrected chi connectivity index (χ4v) is 1.49. The van der Waals surface area contributed by atoms with Gasteiger partial charge in [0.1, 0.15) is 17.5 Å². The van der Waals surface area contributed by atoms with Gasteiger partial charge in [-0.05, 0) is 19.3 Å². The van der Waals surface area contributed by atoms with Crippen LogP contribution in [0.25, 0.3) is 0 Å². The molecule has 0 unspecified atom stereocenters. The van der Waals surface area contributed by atoms with Gasteiger partial charge in [0.05, 0.1) is 0 Å². The van der Waals surface area contributed by atoms with E-state index in [9.17, 15) is 0 Å². The van der Waals surface area contributed by atoms with Crippen molar-refractivity contribution in [2.24, 2.45) is 7.05 Å². The van der Waals surface area contributed by atoms with E-state index in [1.54, 1.807) is 7.05 Å². The first kappa shape index (κ1) is 8.88. The number of nitrogen functional groups attached to an aromatic ring is 1. The highest BCUT2D eigenvalue weighted by Gasteiger charge is 2.21. The molecule has 0 atom stereocenters. The maximum Gasteiger partial charge on any atom is 0.168 e. The SMILES string of the molecule is Cn1nc(NC2CCC2)c(C#N)c1N. The number of rotatable bonds is 2. The number of aryl methyl sites for hydroxylation is 1. The predicted octanol–water partition coefficient (Wildman–Crippen LogP) is 0.838. The highest BCUT2D eigenvalue weighted by atomic mass is 15.3. The lowest BCUT2D eigenvalue weighted by molar-refractivity contribution is 0.444. The average molecular weight is 191 g/mol. The number of nitriles is 1. The van der Waals surface area contributed by atoms with Crippen molar-refractivity contribution in [1.82, 2.24) is 9.78 Å². The van der Waals surface area contributed by atoms with Crippen LogP contribution in [-0.4, -0.2) is 15.8 Å². The van der Waals surface area contributed by atoms with Crippen LogP contribution in [0.5, 0.6) is 0 Å². The van der Waals surface area contributed by atoms with Gasteiger partial charge in [-0.2, -0.15) is 10.4 Å². The van der Waals surface area contributed by atoms with E-state index in [0.29, 0.717) is 23.2 Å². The maximum absolute atomic E-state index is 8.89. The fraction of sp³-hybridized carbons (Fsp3) is 0.556. The van der Waals surface area contributed by atoms with Crippen LogP contribution in [-0.2, 0) is 7.05 Å². The molecule has 14 heavy (non-hydrogen) atoms. The van der Waals surface area contributed by atoms with E-state index in [2.05, 4.69) is 16.5 Å². The number of hydrogen-bond donors (Lipinski definition) is 2. The Morgan fingerprint density at radius 3 is 2.86 bits per heavy atom. The molecule has 2 rings (SSSR count). The summed E-state index contributed by atoms with van der Waals surface area (Å²) in [6.45, 7) is 0. The third-order valence-corrected chi connectivity index (χ3v) is 2.65. The van der Waals surface area contributed by atoms with Gasteiger partial charge < -0.3 is 11.1 Å². The Labute approximate surface area is 82.5 Å². The summed E-state index contributed by atoms with van der Waals surface area (Å²) in [4.78, 5) is 0. The van der Waals surface area contributed by atoms with Gasteiger partial charge in [0.15, 0.2) is 5.82 Å². The van der Waals surface area contributed by atoms with Crippen molar-refractivity contribution in [2.75, 3.05) is 11.1 Å². The summed E-state index contributed by atoms with van der Waals surface area (Å²) in [5, 5.41) is 16.3. The highest BCUT2D eigenvalue weighted by molar-refractivity contribution is 5.64. The Balaban J connectivity index is 2.23. The third kappa shape index (κ3) is 1.29. The topological polar surface area (TPSA) is 79.7 Å². The molecular weight excluding hydrogens is 178 g/mol. The van der Waals surface area contributed by atoms with Crippen LogP contribution in [0.3, 0.4) is 0 Å². The van der Waals surface area contributed by atoms with E-state index in [1.165, 1.54) is 11.1 Å². The summed E-state index contributed by atoms with van der Waals surface area (Å²) >= 11 is 0. The Morgan fingerprint density at radius 2 is 2.36 bits per heavy atom. The van der Waals surface area contributed by atoms with Crippen LogP contribution in [0.1, 0.15) is 24.8 Å². The summed E-state index contributed by atoms with van der Waals surface area (Å²) < 4.78 is 1.53. The van der Waals surface area contributed by atoms with Gasteiger partial charge in [-0.3, -0.25) is 0 Å². The lowest BCUT2D eigenvalue weighted by Gasteiger charge is -2.26. The van der Waals surface area contributed by atoms with Crippen molar-refractivity contribution in [2.45, 2.75) is 25.3 Å². The van der Waals surface area contributed by atoms with Crippen LogP contribution in [0, 0.1) is 11.3 Å². The molecule has 1 aliphatic rings. The Bertz CT molecular complexity index is 383. The average Bonchev–Trinajstić information content (AvgIpc) is 2.36. The van der Waals surface area contributed by atoms with Crippen LogP contribution in [0.15, 0.2) is 0 Å². The van der Waals surface area contributed by atoms with Gasteiger partial charge in [0, 0.05) is 13.1 Å². The first-order valence-corrected chi connectivity index (χ1v) is 4.71. The third-order valence-electron chi connectivity index (χ3n) is 2.65. The first-order chi connectivity index (χ1) is 6.72. The minimum Gasteiger partial charge on any atom is -0.383 e. The molecule has 0 saturated heterocycles. The monoisotopic (exact) mass is 191 g/mol. The summed E-state index contributed by atoms with van der Waals surface area (Å²) in [6.07, 6.45) is 3.56. The lowest BCUT2D eigenvalue weighted by Crippen LogP contribution is -2.27. The zero-order valence-corrected chi connectivity index (χ0v) is 8.12. The molecular formula is C9H13N5. The minimum atomic E-state index is 0.425. The first-order valence-electron chi connectivity index (χ1n) is 4.71. The summed E-state index contributed by atoms with van der Waals surface area (Å²) in [5.74, 6) is 1.05. The van der Waals surface area contributed by atoms with Crippen molar-refractivity contribution in [3.8, 4) is 6.07 Å². The van der Waals surface area contributed by atoms with E-state index in [-0.39, 0.29) is 0 Å². The zero-order valence-electron chi connectivity index (χ0n) is 8.12. The van der Waals surface area contributed by atoms with Crippen molar-refractivity contribution in [3.05, 3.63) is 5.56 Å². The molecule has 1 saturated carbocycles. The van der Waals surface area contributed by atoms with Crippen LogP contribution < -0.4 is 11.1 Å². The van der Waals surface area contributed by atoms with E-state index < -0.39 is 0 Å².